The SMILES string of the molecule is COc1ccc(COC2CCN(S(=O)(=O)NC(=O)c3cc(C4CC4)c(OCC45CC6CC(CC(C6)C4)C5)cc3F)C2)cc1. The fraction of sp³-hybridized carbons (Fsp3) is 0.606. The van der Waals surface area contributed by atoms with Gasteiger partial charge in [0, 0.05) is 24.6 Å². The van der Waals surface area contributed by atoms with Crippen molar-refractivity contribution in [3.05, 3.63) is 58.9 Å². The van der Waals surface area contributed by atoms with Crippen molar-refractivity contribution in [1.82, 2.24) is 9.03 Å². The molecular weight excluding hydrogens is 571 g/mol. The summed E-state index contributed by atoms with van der Waals surface area (Å²) in [5, 5.41) is 0. The Labute approximate surface area is 253 Å². The lowest BCUT2D eigenvalue weighted by Crippen LogP contribution is -2.48. The number of nitrogens with one attached hydrogen (secondary N) is 1. The number of carbonyl (C=O) groups excluding carboxylic acids is 1. The lowest BCUT2D eigenvalue weighted by molar-refractivity contribution is -0.0747. The van der Waals surface area contributed by atoms with Crippen LogP contribution in [0.5, 0.6) is 11.5 Å². The zero-order valence-corrected chi connectivity index (χ0v) is 25.5. The maximum atomic E-state index is 15.4. The van der Waals surface area contributed by atoms with Gasteiger partial charge < -0.3 is 14.2 Å². The highest BCUT2D eigenvalue weighted by atomic mass is 32.2. The van der Waals surface area contributed by atoms with Gasteiger partial charge in [-0.05, 0) is 111 Å². The fourth-order valence-corrected chi connectivity index (χ4v) is 9.69. The van der Waals surface area contributed by atoms with Crippen molar-refractivity contribution in [2.75, 3.05) is 26.8 Å². The molecular formula is C33H41FN2O6S. The van der Waals surface area contributed by atoms with Gasteiger partial charge in [0.2, 0.25) is 0 Å². The largest absolute Gasteiger partial charge is 0.497 e. The minimum absolute atomic E-state index is 0.117. The van der Waals surface area contributed by atoms with Gasteiger partial charge in [0.05, 0.1) is 32.0 Å². The number of nitrogens with zero attached hydrogens (tertiary/aromatic N) is 1. The Morgan fingerprint density at radius 1 is 1.02 bits per heavy atom. The number of methoxy groups -OCH3 is 1. The molecule has 2 aromatic carbocycles. The summed E-state index contributed by atoms with van der Waals surface area (Å²) in [7, 11) is -2.57. The molecule has 4 bridgehead atoms. The summed E-state index contributed by atoms with van der Waals surface area (Å²) in [5.74, 6) is 2.13. The molecule has 8 rings (SSSR count). The lowest BCUT2D eigenvalue weighted by atomic mass is 9.50. The summed E-state index contributed by atoms with van der Waals surface area (Å²) in [5.41, 5.74) is 1.67. The van der Waals surface area contributed by atoms with Crippen LogP contribution in [-0.4, -0.2) is 51.5 Å². The van der Waals surface area contributed by atoms with Crippen molar-refractivity contribution in [2.24, 2.45) is 23.2 Å². The van der Waals surface area contributed by atoms with Gasteiger partial charge in [-0.25, -0.2) is 9.11 Å². The lowest BCUT2D eigenvalue weighted by Gasteiger charge is -2.56. The maximum absolute atomic E-state index is 15.4. The molecule has 1 aliphatic heterocycles. The molecule has 1 amide bonds. The fourth-order valence-electron chi connectivity index (χ4n) is 8.51. The highest BCUT2D eigenvalue weighted by Gasteiger charge is 2.51. The summed E-state index contributed by atoms with van der Waals surface area (Å²) in [6.07, 6.45) is 9.73. The summed E-state index contributed by atoms with van der Waals surface area (Å²) in [6.45, 7) is 1.25. The molecule has 6 fully saturated rings. The standard InChI is InChI=1S/C33H41FN2O6S/c1-40-26-6-2-21(3-7-26)19-41-27-8-9-36(18-27)43(38,39)35-32(37)29-13-28(25-4-5-25)31(14-30(29)34)42-20-33-15-22-10-23(16-33)12-24(11-22)17-33/h2-3,6-7,13-14,22-25,27H,4-5,8-12,15-20H2,1H3,(H,35,37). The zero-order valence-electron chi connectivity index (χ0n) is 24.7. The minimum atomic E-state index is -4.17. The van der Waals surface area contributed by atoms with Gasteiger partial charge >= 0.3 is 10.2 Å². The highest BCUT2D eigenvalue weighted by Crippen LogP contribution is 2.60. The average molecular weight is 613 g/mol. The van der Waals surface area contributed by atoms with E-state index in [1.165, 1.54) is 55.0 Å². The number of amides is 1. The van der Waals surface area contributed by atoms with E-state index in [2.05, 4.69) is 4.72 Å². The van der Waals surface area contributed by atoms with Crippen molar-refractivity contribution < 1.29 is 31.8 Å². The molecule has 8 nitrogen and oxygen atoms in total. The van der Waals surface area contributed by atoms with E-state index in [1.54, 1.807) is 7.11 Å². The van der Waals surface area contributed by atoms with E-state index in [0.717, 1.165) is 47.5 Å². The average Bonchev–Trinajstić information content (AvgIpc) is 3.70. The summed E-state index contributed by atoms with van der Waals surface area (Å²) >= 11 is 0. The van der Waals surface area contributed by atoms with E-state index in [-0.39, 0.29) is 36.1 Å². The summed E-state index contributed by atoms with van der Waals surface area (Å²) in [6, 6.07) is 10.3. The number of hydrogen-bond donors (Lipinski definition) is 1. The Bertz CT molecular complexity index is 1440. The molecule has 0 radical (unpaired) electrons. The van der Waals surface area contributed by atoms with E-state index >= 15 is 4.39 Å². The molecule has 43 heavy (non-hydrogen) atoms. The smallest absolute Gasteiger partial charge is 0.304 e. The molecule has 5 aliphatic carbocycles. The Kier molecular flexibility index (Phi) is 7.66. The first-order valence-corrected chi connectivity index (χ1v) is 17.2. The second-order valence-corrected chi connectivity index (χ2v) is 15.4. The van der Waals surface area contributed by atoms with Crippen LogP contribution < -0.4 is 14.2 Å². The van der Waals surface area contributed by atoms with E-state index in [1.807, 2.05) is 24.3 Å². The van der Waals surface area contributed by atoms with Gasteiger partial charge in [0.1, 0.15) is 17.3 Å². The van der Waals surface area contributed by atoms with Crippen LogP contribution in [0.25, 0.3) is 0 Å². The second kappa shape index (κ2) is 11.3. The number of halogens is 1. The topological polar surface area (TPSA) is 94.2 Å². The molecule has 232 valence electrons. The maximum Gasteiger partial charge on any atom is 0.304 e. The van der Waals surface area contributed by atoms with Gasteiger partial charge in [-0.2, -0.15) is 12.7 Å². The van der Waals surface area contributed by atoms with E-state index in [0.29, 0.717) is 25.4 Å². The quantitative estimate of drug-likeness (QED) is 0.357. The van der Waals surface area contributed by atoms with Crippen molar-refractivity contribution in [1.29, 1.82) is 0 Å². The van der Waals surface area contributed by atoms with Crippen LogP contribution in [-0.2, 0) is 21.6 Å². The van der Waals surface area contributed by atoms with E-state index < -0.39 is 21.9 Å². The molecule has 1 heterocycles. The number of rotatable bonds is 11. The Morgan fingerprint density at radius 2 is 1.70 bits per heavy atom. The summed E-state index contributed by atoms with van der Waals surface area (Å²) in [4.78, 5) is 13.1. The highest BCUT2D eigenvalue weighted by molar-refractivity contribution is 7.87. The molecule has 1 unspecified atom stereocenters. The third kappa shape index (κ3) is 6.15. The van der Waals surface area contributed by atoms with Crippen LogP contribution in [0.4, 0.5) is 4.39 Å². The molecule has 1 saturated heterocycles. The molecule has 5 saturated carbocycles. The molecule has 10 heteroatoms. The van der Waals surface area contributed by atoms with E-state index in [9.17, 15) is 13.2 Å². The third-order valence-electron chi connectivity index (χ3n) is 10.4. The molecule has 0 spiro atoms. The Balaban J connectivity index is 0.983. The monoisotopic (exact) mass is 612 g/mol. The van der Waals surface area contributed by atoms with E-state index in [4.69, 9.17) is 14.2 Å². The molecule has 2 aromatic rings. The van der Waals surface area contributed by atoms with Gasteiger partial charge in [0.25, 0.3) is 5.91 Å². The Hall–Kier alpha value is -2.69. The molecule has 6 aliphatic rings. The summed E-state index contributed by atoms with van der Waals surface area (Å²) < 4.78 is 62.4. The zero-order chi connectivity index (χ0) is 29.8. The predicted octanol–water partition coefficient (Wildman–Crippen LogP) is 5.57. The van der Waals surface area contributed by atoms with Crippen LogP contribution in [0.15, 0.2) is 36.4 Å². The number of benzene rings is 2. The molecule has 1 N–H and O–H groups in total. The predicted molar refractivity (Wildman–Crippen MR) is 159 cm³/mol. The number of ether oxygens (including phenoxy) is 3. The van der Waals surface area contributed by atoms with Crippen molar-refractivity contribution in [2.45, 2.75) is 76.4 Å². The van der Waals surface area contributed by atoms with Crippen molar-refractivity contribution in [3.63, 3.8) is 0 Å². The van der Waals surface area contributed by atoms with Crippen LogP contribution in [0.2, 0.25) is 0 Å². The number of hydrogen-bond acceptors (Lipinski definition) is 6. The van der Waals surface area contributed by atoms with Gasteiger partial charge in [0.15, 0.2) is 0 Å². The van der Waals surface area contributed by atoms with Gasteiger partial charge in [-0.1, -0.05) is 12.1 Å². The Morgan fingerprint density at radius 3 is 2.33 bits per heavy atom. The normalized spacial score (nSPS) is 30.0. The van der Waals surface area contributed by atoms with Crippen LogP contribution in [0.1, 0.15) is 85.2 Å². The first kappa shape index (κ1) is 29.0. The van der Waals surface area contributed by atoms with Crippen molar-refractivity contribution >= 4 is 16.1 Å². The number of carbonyl (C=O) groups is 1. The second-order valence-electron chi connectivity index (χ2n) is 13.7. The van der Waals surface area contributed by atoms with Crippen LogP contribution in [0.3, 0.4) is 0 Å². The van der Waals surface area contributed by atoms with Crippen molar-refractivity contribution in [3.8, 4) is 11.5 Å². The van der Waals surface area contributed by atoms with Gasteiger partial charge in [-0.15, -0.1) is 0 Å². The van der Waals surface area contributed by atoms with Crippen LogP contribution >= 0.6 is 0 Å². The minimum Gasteiger partial charge on any atom is -0.497 e. The third-order valence-corrected chi connectivity index (χ3v) is 11.8. The first-order valence-electron chi connectivity index (χ1n) is 15.7. The molecule has 1 atom stereocenters. The van der Waals surface area contributed by atoms with Crippen LogP contribution in [0, 0.1) is 29.0 Å². The first-order chi connectivity index (χ1) is 20.7. The molecule has 0 aromatic heterocycles. The van der Waals surface area contributed by atoms with Gasteiger partial charge in [-0.3, -0.25) is 4.79 Å².